The number of carboxylic acids is 1. The molecule has 0 aliphatic rings. The Bertz CT molecular complexity index is 895. The first kappa shape index (κ1) is 20.6. The van der Waals surface area contributed by atoms with Crippen LogP contribution in [0.1, 0.15) is 28.8 Å². The summed E-state index contributed by atoms with van der Waals surface area (Å²) in [6.07, 6.45) is 0.260. The molecule has 0 bridgehead atoms. The molecule has 8 heteroatoms. The van der Waals surface area contributed by atoms with Gasteiger partial charge in [-0.3, -0.25) is 4.79 Å². The Labute approximate surface area is 158 Å². The molecule has 2 aromatic carbocycles. The first-order chi connectivity index (χ1) is 12.8. The summed E-state index contributed by atoms with van der Waals surface area (Å²) in [7, 11) is -2.89. The summed E-state index contributed by atoms with van der Waals surface area (Å²) in [4.78, 5) is 22.6. The summed E-state index contributed by atoms with van der Waals surface area (Å²) in [5.41, 5.74) is 0.793. The van der Waals surface area contributed by atoms with Gasteiger partial charge < -0.3 is 9.84 Å². The molecule has 2 N–H and O–H groups in total. The van der Waals surface area contributed by atoms with E-state index in [-0.39, 0.29) is 23.3 Å². The fourth-order valence-corrected chi connectivity index (χ4v) is 4.13. The van der Waals surface area contributed by atoms with Gasteiger partial charge in [0.05, 0.1) is 17.6 Å². The molecule has 0 spiro atoms. The van der Waals surface area contributed by atoms with Crippen LogP contribution >= 0.6 is 0 Å². The highest BCUT2D eigenvalue weighted by atomic mass is 32.2. The predicted octanol–water partition coefficient (Wildman–Crippen LogP) is 2.23. The number of carbonyl (C=O) groups excluding carboxylic acids is 1. The Morgan fingerprint density at radius 1 is 1.07 bits per heavy atom. The number of aliphatic carboxylic acids is 1. The van der Waals surface area contributed by atoms with Gasteiger partial charge in [0, 0.05) is 12.5 Å². The average molecular weight is 391 g/mol. The molecule has 0 amide bonds. The van der Waals surface area contributed by atoms with Gasteiger partial charge in [-0.1, -0.05) is 42.5 Å². The maximum atomic E-state index is 12.9. The van der Waals surface area contributed by atoms with E-state index in [4.69, 9.17) is 5.11 Å². The minimum Gasteiger partial charge on any atom is -0.481 e. The van der Waals surface area contributed by atoms with Crippen LogP contribution in [0.3, 0.4) is 0 Å². The number of esters is 1. The Morgan fingerprint density at radius 3 is 2.33 bits per heavy atom. The summed E-state index contributed by atoms with van der Waals surface area (Å²) in [6.45, 7) is 0. The Morgan fingerprint density at radius 2 is 1.70 bits per heavy atom. The van der Waals surface area contributed by atoms with Gasteiger partial charge in [-0.05, 0) is 30.5 Å². The average Bonchev–Trinajstić information content (AvgIpc) is 2.66. The standard InChI is InChI=1S/C19H21NO6S/c1-26-19(23)16-9-5-6-10-17(16)27(24,25)20-15(11-12-18(21)22)13-14-7-3-2-4-8-14/h2-10,15,20H,11-13H2,1H3,(H,21,22). The predicted molar refractivity (Wildman–Crippen MR) is 98.9 cm³/mol. The lowest BCUT2D eigenvalue weighted by molar-refractivity contribution is -0.137. The monoisotopic (exact) mass is 391 g/mol. The topological polar surface area (TPSA) is 110 Å². The fourth-order valence-electron chi connectivity index (χ4n) is 2.66. The van der Waals surface area contributed by atoms with Crippen LogP contribution in [0.2, 0.25) is 0 Å². The first-order valence-electron chi connectivity index (χ1n) is 8.29. The molecule has 0 aliphatic carbocycles. The second-order valence-electron chi connectivity index (χ2n) is 5.93. The number of benzene rings is 2. The number of ether oxygens (including phenoxy) is 1. The maximum absolute atomic E-state index is 12.9. The molecule has 0 radical (unpaired) electrons. The van der Waals surface area contributed by atoms with Gasteiger partial charge in [-0.15, -0.1) is 0 Å². The van der Waals surface area contributed by atoms with Crippen LogP contribution < -0.4 is 4.72 Å². The van der Waals surface area contributed by atoms with E-state index >= 15 is 0 Å². The molecular weight excluding hydrogens is 370 g/mol. The second kappa shape index (κ2) is 9.29. The molecule has 2 aromatic rings. The van der Waals surface area contributed by atoms with Crippen molar-refractivity contribution in [2.75, 3.05) is 7.11 Å². The van der Waals surface area contributed by atoms with Gasteiger partial charge in [0.1, 0.15) is 0 Å². The Hall–Kier alpha value is -2.71. The zero-order chi connectivity index (χ0) is 19.9. The van der Waals surface area contributed by atoms with Crippen molar-refractivity contribution in [1.82, 2.24) is 4.72 Å². The smallest absolute Gasteiger partial charge is 0.339 e. The summed E-state index contributed by atoms with van der Waals surface area (Å²) < 4.78 is 32.9. The molecule has 0 aliphatic heterocycles. The van der Waals surface area contributed by atoms with Crippen molar-refractivity contribution in [3.05, 3.63) is 65.7 Å². The number of nitrogens with one attached hydrogen (secondary N) is 1. The molecule has 0 fully saturated rings. The van der Waals surface area contributed by atoms with Crippen LogP contribution in [0.4, 0.5) is 0 Å². The van der Waals surface area contributed by atoms with Crippen molar-refractivity contribution in [1.29, 1.82) is 0 Å². The third-order valence-corrected chi connectivity index (χ3v) is 5.51. The van der Waals surface area contributed by atoms with Crippen LogP contribution in [0.5, 0.6) is 0 Å². The van der Waals surface area contributed by atoms with Crippen molar-refractivity contribution in [3.63, 3.8) is 0 Å². The minimum atomic E-state index is -4.06. The number of methoxy groups -OCH3 is 1. The zero-order valence-electron chi connectivity index (χ0n) is 14.8. The summed E-state index contributed by atoms with van der Waals surface area (Å²) in [5, 5.41) is 8.95. The van der Waals surface area contributed by atoms with Gasteiger partial charge in [0.15, 0.2) is 0 Å². The molecule has 0 saturated carbocycles. The molecule has 144 valence electrons. The first-order valence-corrected chi connectivity index (χ1v) is 9.77. The molecular formula is C19H21NO6S. The second-order valence-corrected chi connectivity index (χ2v) is 7.61. The molecule has 0 heterocycles. The normalized spacial score (nSPS) is 12.3. The third-order valence-electron chi connectivity index (χ3n) is 3.94. The highest BCUT2D eigenvalue weighted by Gasteiger charge is 2.26. The van der Waals surface area contributed by atoms with Gasteiger partial charge in [0.2, 0.25) is 10.0 Å². The van der Waals surface area contributed by atoms with Crippen molar-refractivity contribution in [3.8, 4) is 0 Å². The number of carboxylic acid groups (broad SMARTS) is 1. The van der Waals surface area contributed by atoms with E-state index in [1.807, 2.05) is 30.3 Å². The summed E-state index contributed by atoms with van der Waals surface area (Å²) in [5.74, 6) is -1.77. The van der Waals surface area contributed by atoms with Crippen LogP contribution in [-0.4, -0.2) is 38.6 Å². The van der Waals surface area contributed by atoms with E-state index in [0.29, 0.717) is 6.42 Å². The fraction of sp³-hybridized carbons (Fsp3) is 0.263. The lowest BCUT2D eigenvalue weighted by Crippen LogP contribution is -2.37. The quantitative estimate of drug-likeness (QED) is 0.635. The van der Waals surface area contributed by atoms with Gasteiger partial charge in [-0.25, -0.2) is 17.9 Å². The molecule has 2 rings (SSSR count). The SMILES string of the molecule is COC(=O)c1ccccc1S(=O)(=O)NC(CCC(=O)O)Cc1ccccc1. The number of hydrogen-bond donors (Lipinski definition) is 2. The molecule has 7 nitrogen and oxygen atoms in total. The van der Waals surface area contributed by atoms with Crippen LogP contribution in [-0.2, 0) is 26.0 Å². The molecule has 0 aromatic heterocycles. The van der Waals surface area contributed by atoms with Crippen molar-refractivity contribution in [2.24, 2.45) is 0 Å². The number of sulfonamides is 1. The lowest BCUT2D eigenvalue weighted by atomic mass is 10.0. The van der Waals surface area contributed by atoms with E-state index in [0.717, 1.165) is 5.56 Å². The number of carbonyl (C=O) groups is 2. The zero-order valence-corrected chi connectivity index (χ0v) is 15.6. The molecule has 0 saturated heterocycles. The summed E-state index contributed by atoms with van der Waals surface area (Å²) >= 11 is 0. The van der Waals surface area contributed by atoms with E-state index in [1.54, 1.807) is 0 Å². The lowest BCUT2D eigenvalue weighted by Gasteiger charge is -2.19. The molecule has 1 atom stereocenters. The largest absolute Gasteiger partial charge is 0.481 e. The third kappa shape index (κ3) is 5.90. The van der Waals surface area contributed by atoms with Gasteiger partial charge in [0.25, 0.3) is 0 Å². The van der Waals surface area contributed by atoms with Crippen LogP contribution in [0.15, 0.2) is 59.5 Å². The highest BCUT2D eigenvalue weighted by Crippen LogP contribution is 2.18. The molecule has 1 unspecified atom stereocenters. The van der Waals surface area contributed by atoms with E-state index < -0.39 is 28.0 Å². The van der Waals surface area contributed by atoms with Crippen molar-refractivity contribution >= 4 is 22.0 Å². The van der Waals surface area contributed by atoms with Gasteiger partial charge >= 0.3 is 11.9 Å². The Kier molecular flexibility index (Phi) is 7.09. The Balaban J connectivity index is 2.29. The van der Waals surface area contributed by atoms with E-state index in [1.165, 1.54) is 31.4 Å². The van der Waals surface area contributed by atoms with E-state index in [2.05, 4.69) is 9.46 Å². The van der Waals surface area contributed by atoms with E-state index in [9.17, 15) is 18.0 Å². The van der Waals surface area contributed by atoms with Crippen molar-refractivity contribution in [2.45, 2.75) is 30.2 Å². The van der Waals surface area contributed by atoms with Crippen LogP contribution in [0.25, 0.3) is 0 Å². The molecule has 27 heavy (non-hydrogen) atoms. The van der Waals surface area contributed by atoms with Gasteiger partial charge in [-0.2, -0.15) is 0 Å². The maximum Gasteiger partial charge on any atom is 0.339 e. The number of rotatable bonds is 9. The minimum absolute atomic E-state index is 0.0794. The van der Waals surface area contributed by atoms with Crippen molar-refractivity contribution < 1.29 is 27.9 Å². The summed E-state index contributed by atoms with van der Waals surface area (Å²) in [6, 6.07) is 14.2. The number of hydrogen-bond acceptors (Lipinski definition) is 5. The van der Waals surface area contributed by atoms with Crippen LogP contribution in [0, 0.1) is 0 Å². The highest BCUT2D eigenvalue weighted by molar-refractivity contribution is 7.89.